The molecule has 8 aromatic carbocycles. The molecule has 0 spiro atoms. The van der Waals surface area contributed by atoms with Crippen molar-refractivity contribution in [2.45, 2.75) is 0 Å². The number of benzene rings is 8. The molecule has 0 aliphatic rings. The van der Waals surface area contributed by atoms with Crippen LogP contribution in [-0.2, 0) is 0 Å². The van der Waals surface area contributed by atoms with Crippen LogP contribution in [0.15, 0.2) is 188 Å². The van der Waals surface area contributed by atoms with E-state index in [4.69, 9.17) is 15.0 Å². The maximum absolute atomic E-state index is 5.17. The van der Waals surface area contributed by atoms with E-state index < -0.39 is 0 Å². The molecule has 0 saturated carbocycles. The Morgan fingerprint density at radius 1 is 0.367 bits per heavy atom. The lowest BCUT2D eigenvalue weighted by Gasteiger charge is -2.12. The molecule has 0 N–H and O–H groups in total. The average Bonchev–Trinajstić information content (AvgIpc) is 3.97. The number of hydrogen-bond acceptors (Lipinski definition) is 7. The lowest BCUT2D eigenvalue weighted by atomic mass is 9.96. The maximum Gasteiger partial charge on any atom is 0.160 e. The fraction of sp³-hybridized carbons (Fsp3) is 0. The van der Waals surface area contributed by atoms with Crippen molar-refractivity contribution < 1.29 is 0 Å². The van der Waals surface area contributed by atoms with Crippen LogP contribution in [0, 0.1) is 0 Å². The van der Waals surface area contributed by atoms with Crippen LogP contribution in [0.3, 0.4) is 0 Å². The van der Waals surface area contributed by atoms with Gasteiger partial charge in [0.2, 0.25) is 0 Å². The molecule has 0 bridgehead atoms. The molecular weight excluding hydrogens is 771 g/mol. The SMILES string of the molecule is c1ccc(-c2nc(-c3ccc(-c4cccc5c4sc4ccccc45)cc3)cc(-c3cccc(-c4ccc(-c5nc6ccccc6c6c5ccc5nsnc56)cc4)c3)n2)cc1. The molecular formula is C53H31N5S2. The lowest BCUT2D eigenvalue weighted by molar-refractivity contribution is 1.18. The molecule has 60 heavy (non-hydrogen) atoms. The van der Waals surface area contributed by atoms with Gasteiger partial charge in [-0.15, -0.1) is 11.3 Å². The quantitative estimate of drug-likeness (QED) is 0.157. The number of hydrogen-bond donors (Lipinski definition) is 0. The summed E-state index contributed by atoms with van der Waals surface area (Å²) in [6, 6.07) is 66.2. The molecule has 0 atom stereocenters. The third-order valence-corrected chi connectivity index (χ3v) is 13.2. The number of thiophene rings is 1. The van der Waals surface area contributed by atoms with Crippen molar-refractivity contribution >= 4 is 75.9 Å². The molecule has 0 amide bonds. The van der Waals surface area contributed by atoms with Gasteiger partial charge in [-0.2, -0.15) is 8.75 Å². The van der Waals surface area contributed by atoms with Gasteiger partial charge in [0.15, 0.2) is 5.82 Å². The third kappa shape index (κ3) is 5.86. The Bertz CT molecular complexity index is 3590. The summed E-state index contributed by atoms with van der Waals surface area (Å²) in [5.41, 5.74) is 14.2. The summed E-state index contributed by atoms with van der Waals surface area (Å²) in [5.74, 6) is 0.692. The van der Waals surface area contributed by atoms with E-state index in [1.807, 2.05) is 41.7 Å². The first-order chi connectivity index (χ1) is 29.7. The van der Waals surface area contributed by atoms with Gasteiger partial charge in [0.25, 0.3) is 0 Å². The minimum absolute atomic E-state index is 0.692. The second kappa shape index (κ2) is 14.1. The largest absolute Gasteiger partial charge is 0.247 e. The number of para-hydroxylation sites is 1. The van der Waals surface area contributed by atoms with E-state index in [0.29, 0.717) is 5.82 Å². The molecule has 0 unspecified atom stereocenters. The van der Waals surface area contributed by atoms with Gasteiger partial charge in [-0.1, -0.05) is 152 Å². The maximum atomic E-state index is 5.17. The Labute approximate surface area is 353 Å². The van der Waals surface area contributed by atoms with Crippen molar-refractivity contribution in [1.29, 1.82) is 0 Å². The van der Waals surface area contributed by atoms with Crippen LogP contribution < -0.4 is 0 Å². The van der Waals surface area contributed by atoms with Gasteiger partial charge in [-0.05, 0) is 58.7 Å². The average molecular weight is 802 g/mol. The van der Waals surface area contributed by atoms with Crippen LogP contribution in [0.5, 0.6) is 0 Å². The number of rotatable bonds is 6. The van der Waals surface area contributed by atoms with E-state index in [0.717, 1.165) is 83.2 Å². The molecule has 0 aliphatic carbocycles. The van der Waals surface area contributed by atoms with E-state index >= 15 is 0 Å². The van der Waals surface area contributed by atoms with Crippen LogP contribution in [0.25, 0.3) is 120 Å². The Morgan fingerprint density at radius 3 is 1.90 bits per heavy atom. The highest BCUT2D eigenvalue weighted by molar-refractivity contribution is 7.26. The van der Waals surface area contributed by atoms with Gasteiger partial charge in [0, 0.05) is 58.6 Å². The molecule has 4 heterocycles. The lowest BCUT2D eigenvalue weighted by Crippen LogP contribution is -1.96. The van der Waals surface area contributed by atoms with Crippen LogP contribution in [0.4, 0.5) is 0 Å². The summed E-state index contributed by atoms with van der Waals surface area (Å²) in [6.45, 7) is 0. The van der Waals surface area contributed by atoms with Crippen LogP contribution in [0.1, 0.15) is 0 Å². The summed E-state index contributed by atoms with van der Waals surface area (Å²) in [5, 5.41) is 5.86. The number of pyridine rings is 1. The van der Waals surface area contributed by atoms with Gasteiger partial charge in [-0.3, -0.25) is 0 Å². The number of nitrogens with zero attached hydrogens (tertiary/aromatic N) is 5. The zero-order valence-electron chi connectivity index (χ0n) is 32.0. The summed E-state index contributed by atoms with van der Waals surface area (Å²) in [7, 11) is 0. The van der Waals surface area contributed by atoms with Gasteiger partial charge < -0.3 is 0 Å². The predicted molar refractivity (Wildman–Crippen MR) is 251 cm³/mol. The molecule has 7 heteroatoms. The highest BCUT2D eigenvalue weighted by Crippen LogP contribution is 2.41. The summed E-state index contributed by atoms with van der Waals surface area (Å²) >= 11 is 3.10. The summed E-state index contributed by atoms with van der Waals surface area (Å²) < 4.78 is 11.8. The van der Waals surface area contributed by atoms with Gasteiger partial charge in [0.05, 0.1) is 34.3 Å². The highest BCUT2D eigenvalue weighted by Gasteiger charge is 2.17. The molecule has 5 nitrogen and oxygen atoms in total. The topological polar surface area (TPSA) is 64.5 Å². The minimum atomic E-state index is 0.692. The fourth-order valence-electron chi connectivity index (χ4n) is 8.44. The monoisotopic (exact) mass is 801 g/mol. The first kappa shape index (κ1) is 34.6. The Hall–Kier alpha value is -7.45. The predicted octanol–water partition coefficient (Wildman–Crippen LogP) is 14.6. The zero-order valence-corrected chi connectivity index (χ0v) is 33.6. The summed E-state index contributed by atoms with van der Waals surface area (Å²) in [4.78, 5) is 15.5. The third-order valence-electron chi connectivity index (χ3n) is 11.4. The molecule has 12 rings (SSSR count). The molecule has 12 aromatic rings. The van der Waals surface area contributed by atoms with Gasteiger partial charge >= 0.3 is 0 Å². The number of aromatic nitrogens is 5. The van der Waals surface area contributed by atoms with E-state index in [-0.39, 0.29) is 0 Å². The van der Waals surface area contributed by atoms with Crippen LogP contribution in [-0.4, -0.2) is 23.7 Å². The number of fused-ring (bicyclic) bond motifs is 8. The standard InChI is InChI=1S/C53H31N5S2/c1-2-10-36(11-3-1)53-55-46(34-24-22-33(23-25-34)39-16-9-17-41-40-14-5-7-19-48(40)59-52(39)41)31-47(56-53)38-13-8-12-37(30-38)32-20-26-35(27-21-32)50-43-28-29-45-51(58-60-57-45)49(43)42-15-4-6-18-44(42)54-50/h1-31H. The summed E-state index contributed by atoms with van der Waals surface area (Å²) in [6.07, 6.45) is 0. The Kier molecular flexibility index (Phi) is 8.14. The normalized spacial score (nSPS) is 11.7. The fourth-order valence-corrected chi connectivity index (χ4v) is 10.2. The first-order valence-electron chi connectivity index (χ1n) is 19.8. The Balaban J connectivity index is 0.911. The minimum Gasteiger partial charge on any atom is -0.247 e. The molecule has 0 aliphatic heterocycles. The second-order valence-corrected chi connectivity index (χ2v) is 16.5. The molecule has 0 fully saturated rings. The molecule has 0 radical (unpaired) electrons. The van der Waals surface area contributed by atoms with Gasteiger partial charge in [-0.25, -0.2) is 15.0 Å². The zero-order chi connectivity index (χ0) is 39.6. The van der Waals surface area contributed by atoms with Crippen molar-refractivity contribution in [3.05, 3.63) is 188 Å². The molecule has 4 aromatic heterocycles. The van der Waals surface area contributed by atoms with E-state index in [1.54, 1.807) is 0 Å². The smallest absolute Gasteiger partial charge is 0.160 e. The van der Waals surface area contributed by atoms with Crippen molar-refractivity contribution in [3.8, 4) is 67.4 Å². The highest BCUT2D eigenvalue weighted by atomic mass is 32.1. The van der Waals surface area contributed by atoms with Crippen LogP contribution in [0.2, 0.25) is 0 Å². The van der Waals surface area contributed by atoms with Crippen molar-refractivity contribution in [3.63, 3.8) is 0 Å². The first-order valence-corrected chi connectivity index (χ1v) is 21.4. The van der Waals surface area contributed by atoms with Crippen molar-refractivity contribution in [2.24, 2.45) is 0 Å². The van der Waals surface area contributed by atoms with Crippen molar-refractivity contribution in [2.75, 3.05) is 0 Å². The molecule has 0 saturated heterocycles. The van der Waals surface area contributed by atoms with E-state index in [1.165, 1.54) is 43.0 Å². The Morgan fingerprint density at radius 2 is 1.03 bits per heavy atom. The molecule has 280 valence electrons. The van der Waals surface area contributed by atoms with Crippen molar-refractivity contribution in [1.82, 2.24) is 23.7 Å². The van der Waals surface area contributed by atoms with Crippen LogP contribution >= 0.6 is 23.1 Å². The van der Waals surface area contributed by atoms with E-state index in [2.05, 4.69) is 166 Å². The van der Waals surface area contributed by atoms with Gasteiger partial charge in [0.1, 0.15) is 11.0 Å². The second-order valence-electron chi connectivity index (χ2n) is 14.9. The van der Waals surface area contributed by atoms with E-state index in [9.17, 15) is 0 Å².